The second-order valence-electron chi connectivity index (χ2n) is 3.31. The van der Waals surface area contributed by atoms with Crippen LogP contribution in [0, 0.1) is 0 Å². The lowest BCUT2D eigenvalue weighted by molar-refractivity contribution is -0.128. The largest absolute Gasteiger partial charge is 0.345 e. The van der Waals surface area contributed by atoms with Crippen molar-refractivity contribution in [3.63, 3.8) is 0 Å². The molecule has 0 aliphatic carbocycles. The molecule has 0 aromatic carbocycles. The van der Waals surface area contributed by atoms with Crippen molar-refractivity contribution < 1.29 is 9.59 Å². The molecule has 17 heavy (non-hydrogen) atoms. The van der Waals surface area contributed by atoms with Crippen LogP contribution in [0.1, 0.15) is 17.4 Å². The quantitative estimate of drug-likeness (QED) is 0.843. The van der Waals surface area contributed by atoms with Gasteiger partial charge in [-0.3, -0.25) is 9.59 Å². The van der Waals surface area contributed by atoms with Crippen molar-refractivity contribution in [2.75, 3.05) is 20.1 Å². The first-order valence-electron chi connectivity index (χ1n) is 5.04. The molecule has 0 aliphatic rings. The van der Waals surface area contributed by atoms with E-state index in [1.165, 1.54) is 17.3 Å². The van der Waals surface area contributed by atoms with E-state index in [1.54, 1.807) is 7.05 Å². The average molecular weight is 257 g/mol. The molecule has 0 bridgehead atoms. The molecule has 0 atom stereocenters. The average Bonchev–Trinajstić information content (AvgIpc) is 2.35. The fourth-order valence-electron chi connectivity index (χ4n) is 0.987. The molecule has 1 aromatic heterocycles. The number of carbonyl (C=O) groups is 2. The van der Waals surface area contributed by atoms with Gasteiger partial charge in [0.2, 0.25) is 5.91 Å². The summed E-state index contributed by atoms with van der Waals surface area (Å²) >= 11 is 5.54. The van der Waals surface area contributed by atoms with Crippen molar-refractivity contribution in [2.24, 2.45) is 0 Å². The molecule has 6 nitrogen and oxygen atoms in total. The standard InChI is InChI=1S/C10H13ClN4O2/c1-3-15(2)9(16)6-14-10(17)7-4-13-8(11)5-12-7/h4-5H,3,6H2,1-2H3,(H,14,17). The molecule has 0 aliphatic heterocycles. The molecule has 7 heteroatoms. The second kappa shape index (κ2) is 6.15. The Morgan fingerprint density at radius 2 is 2.12 bits per heavy atom. The number of nitrogens with one attached hydrogen (secondary N) is 1. The van der Waals surface area contributed by atoms with E-state index in [2.05, 4.69) is 15.3 Å². The number of hydrogen-bond acceptors (Lipinski definition) is 4. The maximum absolute atomic E-state index is 11.5. The normalized spacial score (nSPS) is 9.82. The summed E-state index contributed by atoms with van der Waals surface area (Å²) in [6.45, 7) is 2.38. The monoisotopic (exact) mass is 256 g/mol. The van der Waals surface area contributed by atoms with E-state index in [0.29, 0.717) is 6.54 Å². The van der Waals surface area contributed by atoms with Crippen LogP contribution in [-0.2, 0) is 4.79 Å². The third-order valence-corrected chi connectivity index (χ3v) is 2.35. The van der Waals surface area contributed by atoms with E-state index in [0.717, 1.165) is 0 Å². The summed E-state index contributed by atoms with van der Waals surface area (Å²) in [6, 6.07) is 0. The van der Waals surface area contributed by atoms with Crippen LogP contribution in [0.15, 0.2) is 12.4 Å². The summed E-state index contributed by atoms with van der Waals surface area (Å²) in [5, 5.41) is 2.67. The van der Waals surface area contributed by atoms with Crippen LogP contribution in [0.3, 0.4) is 0 Å². The van der Waals surface area contributed by atoms with Gasteiger partial charge >= 0.3 is 0 Å². The highest BCUT2D eigenvalue weighted by Gasteiger charge is 2.11. The molecule has 1 N–H and O–H groups in total. The van der Waals surface area contributed by atoms with Gasteiger partial charge < -0.3 is 10.2 Å². The minimum Gasteiger partial charge on any atom is -0.345 e. The van der Waals surface area contributed by atoms with Crippen LogP contribution in [0.25, 0.3) is 0 Å². The third-order valence-electron chi connectivity index (χ3n) is 2.15. The molecule has 2 amide bonds. The van der Waals surface area contributed by atoms with Gasteiger partial charge in [0.15, 0.2) is 0 Å². The van der Waals surface area contributed by atoms with Gasteiger partial charge in [-0.1, -0.05) is 11.6 Å². The maximum atomic E-state index is 11.5. The lowest BCUT2D eigenvalue weighted by Crippen LogP contribution is -2.38. The molecule has 0 saturated heterocycles. The first-order valence-corrected chi connectivity index (χ1v) is 5.42. The topological polar surface area (TPSA) is 75.2 Å². The Labute approximate surface area is 104 Å². The minimum absolute atomic E-state index is 0.0620. The van der Waals surface area contributed by atoms with Crippen LogP contribution in [0.4, 0.5) is 0 Å². The van der Waals surface area contributed by atoms with Gasteiger partial charge in [-0.05, 0) is 6.92 Å². The number of amides is 2. The number of halogens is 1. The van der Waals surface area contributed by atoms with Crippen molar-refractivity contribution in [2.45, 2.75) is 6.92 Å². The summed E-state index contributed by atoms with van der Waals surface area (Å²) < 4.78 is 0. The lowest BCUT2D eigenvalue weighted by atomic mass is 10.4. The van der Waals surface area contributed by atoms with Gasteiger partial charge in [0.25, 0.3) is 5.91 Å². The number of nitrogens with zero attached hydrogens (tertiary/aromatic N) is 3. The molecule has 0 saturated carbocycles. The molecule has 1 rings (SSSR count). The SMILES string of the molecule is CCN(C)C(=O)CNC(=O)c1cnc(Cl)cn1. The van der Waals surface area contributed by atoms with Crippen LogP contribution >= 0.6 is 11.6 Å². The third kappa shape index (κ3) is 3.99. The Morgan fingerprint density at radius 1 is 1.41 bits per heavy atom. The first-order chi connectivity index (χ1) is 8.04. The number of hydrogen-bond donors (Lipinski definition) is 1. The van der Waals surface area contributed by atoms with Crippen molar-refractivity contribution in [1.82, 2.24) is 20.2 Å². The number of rotatable bonds is 4. The van der Waals surface area contributed by atoms with E-state index >= 15 is 0 Å². The van der Waals surface area contributed by atoms with Gasteiger partial charge in [-0.25, -0.2) is 9.97 Å². The van der Waals surface area contributed by atoms with Crippen molar-refractivity contribution in [1.29, 1.82) is 0 Å². The highest BCUT2D eigenvalue weighted by atomic mass is 35.5. The summed E-state index contributed by atoms with van der Waals surface area (Å²) in [5.41, 5.74) is 0.126. The van der Waals surface area contributed by atoms with E-state index < -0.39 is 5.91 Å². The summed E-state index contributed by atoms with van der Waals surface area (Å²) in [7, 11) is 1.66. The fraction of sp³-hybridized carbons (Fsp3) is 0.400. The zero-order valence-electron chi connectivity index (χ0n) is 9.61. The molecule has 92 valence electrons. The molecule has 0 spiro atoms. The number of carbonyl (C=O) groups excluding carboxylic acids is 2. The Kier molecular flexibility index (Phi) is 4.84. The van der Waals surface area contributed by atoms with E-state index in [4.69, 9.17) is 11.6 Å². The highest BCUT2D eigenvalue weighted by Crippen LogP contribution is 2.00. The summed E-state index contributed by atoms with van der Waals surface area (Å²) in [5.74, 6) is -0.616. The van der Waals surface area contributed by atoms with Crippen molar-refractivity contribution in [3.05, 3.63) is 23.2 Å². The Balaban J connectivity index is 2.50. The van der Waals surface area contributed by atoms with E-state index in [1.807, 2.05) is 6.92 Å². The number of likely N-dealkylation sites (N-methyl/N-ethyl adjacent to an activating group) is 1. The predicted octanol–water partition coefficient (Wildman–Crippen LogP) is 0.338. The lowest BCUT2D eigenvalue weighted by Gasteiger charge is -2.14. The van der Waals surface area contributed by atoms with Crippen molar-refractivity contribution in [3.8, 4) is 0 Å². The zero-order valence-corrected chi connectivity index (χ0v) is 10.4. The minimum atomic E-state index is -0.452. The molecule has 1 heterocycles. The summed E-state index contributed by atoms with van der Waals surface area (Å²) in [6.07, 6.45) is 2.53. The molecule has 1 aromatic rings. The predicted molar refractivity (Wildman–Crippen MR) is 62.7 cm³/mol. The summed E-state index contributed by atoms with van der Waals surface area (Å²) in [4.78, 5) is 32.0. The second-order valence-corrected chi connectivity index (χ2v) is 3.70. The van der Waals surface area contributed by atoms with Gasteiger partial charge in [-0.15, -0.1) is 0 Å². The Hall–Kier alpha value is -1.69. The molecule has 0 radical (unpaired) electrons. The molecule has 0 fully saturated rings. The van der Waals surface area contributed by atoms with E-state index in [-0.39, 0.29) is 23.3 Å². The maximum Gasteiger partial charge on any atom is 0.271 e. The van der Waals surface area contributed by atoms with Crippen LogP contribution in [0.5, 0.6) is 0 Å². The van der Waals surface area contributed by atoms with Crippen LogP contribution in [-0.4, -0.2) is 46.8 Å². The Morgan fingerprint density at radius 3 is 2.65 bits per heavy atom. The first kappa shape index (κ1) is 13.4. The van der Waals surface area contributed by atoms with Crippen LogP contribution < -0.4 is 5.32 Å². The molecular weight excluding hydrogens is 244 g/mol. The molecular formula is C10H13ClN4O2. The van der Waals surface area contributed by atoms with Gasteiger partial charge in [-0.2, -0.15) is 0 Å². The van der Waals surface area contributed by atoms with Crippen molar-refractivity contribution >= 4 is 23.4 Å². The fourth-order valence-corrected chi connectivity index (χ4v) is 1.08. The smallest absolute Gasteiger partial charge is 0.271 e. The molecule has 0 unspecified atom stereocenters. The number of aromatic nitrogens is 2. The van der Waals surface area contributed by atoms with Crippen LogP contribution in [0.2, 0.25) is 5.15 Å². The van der Waals surface area contributed by atoms with Gasteiger partial charge in [0, 0.05) is 13.6 Å². The van der Waals surface area contributed by atoms with Gasteiger partial charge in [0.1, 0.15) is 10.8 Å². The highest BCUT2D eigenvalue weighted by molar-refractivity contribution is 6.29. The van der Waals surface area contributed by atoms with Gasteiger partial charge in [0.05, 0.1) is 18.9 Å². The Bertz CT molecular complexity index is 407. The zero-order chi connectivity index (χ0) is 12.8. The van der Waals surface area contributed by atoms with E-state index in [9.17, 15) is 9.59 Å².